The van der Waals surface area contributed by atoms with Gasteiger partial charge in [0.15, 0.2) is 0 Å². The van der Waals surface area contributed by atoms with Gasteiger partial charge >= 0.3 is 6.09 Å². The first-order chi connectivity index (χ1) is 13.3. The fraction of sp³-hybridized carbons (Fsp3) is 0.524. The average Bonchev–Trinajstić information content (AvgIpc) is 3.06. The zero-order valence-corrected chi connectivity index (χ0v) is 17.7. The summed E-state index contributed by atoms with van der Waals surface area (Å²) in [5.41, 5.74) is 0.565. The highest BCUT2D eigenvalue weighted by molar-refractivity contribution is 7.14. The van der Waals surface area contributed by atoms with E-state index < -0.39 is 11.7 Å². The lowest BCUT2D eigenvalue weighted by Crippen LogP contribution is -2.48. The molecule has 0 radical (unpaired) electrons. The van der Waals surface area contributed by atoms with Crippen LogP contribution in [0.3, 0.4) is 0 Å². The molecule has 3 rings (SSSR count). The van der Waals surface area contributed by atoms with Gasteiger partial charge < -0.3 is 19.5 Å². The van der Waals surface area contributed by atoms with Crippen LogP contribution in [-0.4, -0.2) is 42.5 Å². The van der Waals surface area contributed by atoms with E-state index in [-0.39, 0.29) is 12.0 Å². The van der Waals surface area contributed by atoms with Crippen LogP contribution >= 0.6 is 11.3 Å². The van der Waals surface area contributed by atoms with Crippen LogP contribution < -0.4 is 10.1 Å². The molecule has 0 bridgehead atoms. The molecule has 0 aliphatic carbocycles. The minimum atomic E-state index is -0.515. The van der Waals surface area contributed by atoms with Crippen LogP contribution in [0.5, 0.6) is 5.75 Å². The van der Waals surface area contributed by atoms with Crippen LogP contribution in [0.15, 0.2) is 30.5 Å². The molecule has 1 aromatic heterocycles. The highest BCUT2D eigenvalue weighted by Gasteiger charge is 2.29. The summed E-state index contributed by atoms with van der Waals surface area (Å²) >= 11 is 1.67. The van der Waals surface area contributed by atoms with Crippen molar-refractivity contribution >= 4 is 17.4 Å². The van der Waals surface area contributed by atoms with E-state index in [1.54, 1.807) is 11.3 Å². The minimum absolute atomic E-state index is 0.0267. The summed E-state index contributed by atoms with van der Waals surface area (Å²) in [6, 6.07) is 7.90. The molecular formula is C21H28N2O4S. The number of hydrogen-bond acceptors (Lipinski definition) is 6. The van der Waals surface area contributed by atoms with Crippen LogP contribution in [0.25, 0.3) is 10.6 Å². The summed E-state index contributed by atoms with van der Waals surface area (Å²) < 4.78 is 16.9. The van der Waals surface area contributed by atoms with E-state index in [1.807, 2.05) is 58.2 Å². The maximum Gasteiger partial charge on any atom is 0.407 e. The predicted molar refractivity (Wildman–Crippen MR) is 110 cm³/mol. The van der Waals surface area contributed by atoms with Crippen molar-refractivity contribution in [2.45, 2.75) is 45.8 Å². The maximum atomic E-state index is 12.1. The SMILES string of the molecule is Cc1cnc(-c2ccc(OCC3COCCC3NC(=O)OC(C)(C)C)cc2)s1. The van der Waals surface area contributed by atoms with Crippen molar-refractivity contribution < 1.29 is 19.0 Å². The largest absolute Gasteiger partial charge is 0.493 e. The molecule has 152 valence electrons. The van der Waals surface area contributed by atoms with E-state index in [0.717, 1.165) is 22.7 Å². The Balaban J connectivity index is 1.55. The summed E-state index contributed by atoms with van der Waals surface area (Å²) in [5, 5.41) is 3.97. The van der Waals surface area contributed by atoms with E-state index in [4.69, 9.17) is 14.2 Å². The molecule has 1 N–H and O–H groups in total. The lowest BCUT2D eigenvalue weighted by atomic mass is 9.97. The smallest absolute Gasteiger partial charge is 0.407 e. The van der Waals surface area contributed by atoms with E-state index in [1.165, 1.54) is 4.88 Å². The minimum Gasteiger partial charge on any atom is -0.493 e. The zero-order valence-electron chi connectivity index (χ0n) is 16.9. The van der Waals surface area contributed by atoms with Crippen LogP contribution in [0.2, 0.25) is 0 Å². The zero-order chi connectivity index (χ0) is 20.1. The van der Waals surface area contributed by atoms with Gasteiger partial charge in [0.25, 0.3) is 0 Å². The summed E-state index contributed by atoms with van der Waals surface area (Å²) in [7, 11) is 0. The first kappa shape index (κ1) is 20.6. The summed E-state index contributed by atoms with van der Waals surface area (Å²) in [6.45, 7) is 9.26. The van der Waals surface area contributed by atoms with E-state index >= 15 is 0 Å². The average molecular weight is 405 g/mol. The topological polar surface area (TPSA) is 69.7 Å². The Morgan fingerprint density at radius 2 is 2.07 bits per heavy atom. The molecule has 2 unspecified atom stereocenters. The molecule has 6 nitrogen and oxygen atoms in total. The summed E-state index contributed by atoms with van der Waals surface area (Å²) in [4.78, 5) is 17.7. The molecule has 1 aliphatic rings. The highest BCUT2D eigenvalue weighted by atomic mass is 32.1. The van der Waals surface area contributed by atoms with Crippen molar-refractivity contribution in [3.05, 3.63) is 35.3 Å². The Labute approximate surface area is 170 Å². The monoisotopic (exact) mass is 404 g/mol. The number of aromatic nitrogens is 1. The van der Waals surface area contributed by atoms with Crippen molar-refractivity contribution in [3.8, 4) is 16.3 Å². The van der Waals surface area contributed by atoms with Gasteiger partial charge in [-0.3, -0.25) is 0 Å². The van der Waals surface area contributed by atoms with Crippen molar-refractivity contribution in [2.75, 3.05) is 19.8 Å². The van der Waals surface area contributed by atoms with Crippen molar-refractivity contribution in [2.24, 2.45) is 5.92 Å². The first-order valence-corrected chi connectivity index (χ1v) is 10.3. The molecule has 2 heterocycles. The fourth-order valence-corrected chi connectivity index (χ4v) is 3.76. The predicted octanol–water partition coefficient (Wildman–Crippen LogP) is 4.43. The second kappa shape index (κ2) is 8.92. The van der Waals surface area contributed by atoms with Gasteiger partial charge in [-0.2, -0.15) is 0 Å². The molecule has 1 aromatic carbocycles. The Kier molecular flexibility index (Phi) is 6.57. The maximum absolute atomic E-state index is 12.1. The van der Waals surface area contributed by atoms with Gasteiger partial charge in [-0.1, -0.05) is 0 Å². The van der Waals surface area contributed by atoms with E-state index in [2.05, 4.69) is 10.3 Å². The van der Waals surface area contributed by atoms with Gasteiger partial charge in [-0.25, -0.2) is 9.78 Å². The number of ether oxygens (including phenoxy) is 3. The Morgan fingerprint density at radius 1 is 1.32 bits per heavy atom. The van der Waals surface area contributed by atoms with E-state index in [9.17, 15) is 4.79 Å². The van der Waals surface area contributed by atoms with Gasteiger partial charge in [0, 0.05) is 35.2 Å². The first-order valence-electron chi connectivity index (χ1n) is 9.53. The molecule has 0 spiro atoms. The van der Waals surface area contributed by atoms with Gasteiger partial charge in [-0.15, -0.1) is 11.3 Å². The number of aryl methyl sites for hydroxylation is 1. The molecule has 1 aliphatic heterocycles. The van der Waals surface area contributed by atoms with Crippen LogP contribution in [-0.2, 0) is 9.47 Å². The molecule has 2 atom stereocenters. The standard InChI is InChI=1S/C21H28N2O4S/c1-14-11-22-19(28-14)15-5-7-17(8-6-15)26-13-16-12-25-10-9-18(16)23-20(24)27-21(2,3)4/h5-8,11,16,18H,9-10,12-13H2,1-4H3,(H,23,24). The third kappa shape index (κ3) is 5.94. The van der Waals surface area contributed by atoms with Crippen LogP contribution in [0, 0.1) is 12.8 Å². The lowest BCUT2D eigenvalue weighted by molar-refractivity contribution is 0.00439. The van der Waals surface area contributed by atoms with Crippen molar-refractivity contribution in [3.63, 3.8) is 0 Å². The Hall–Kier alpha value is -2.12. The molecule has 7 heteroatoms. The second-order valence-electron chi connectivity index (χ2n) is 7.99. The number of nitrogens with one attached hydrogen (secondary N) is 1. The number of amides is 1. The van der Waals surface area contributed by atoms with Gasteiger partial charge in [0.2, 0.25) is 0 Å². The number of rotatable bonds is 5. The summed E-state index contributed by atoms with van der Waals surface area (Å²) in [5.74, 6) is 0.862. The number of carbonyl (C=O) groups is 1. The van der Waals surface area contributed by atoms with Gasteiger partial charge in [0.05, 0.1) is 13.2 Å². The Bertz CT molecular complexity index is 782. The highest BCUT2D eigenvalue weighted by Crippen LogP contribution is 2.27. The van der Waals surface area contributed by atoms with Crippen LogP contribution in [0.1, 0.15) is 32.1 Å². The molecule has 1 fully saturated rings. The van der Waals surface area contributed by atoms with Crippen molar-refractivity contribution in [1.29, 1.82) is 0 Å². The molecular weight excluding hydrogens is 376 g/mol. The molecule has 28 heavy (non-hydrogen) atoms. The number of thiazole rings is 1. The lowest BCUT2D eigenvalue weighted by Gasteiger charge is -2.32. The fourth-order valence-electron chi connectivity index (χ4n) is 3.00. The van der Waals surface area contributed by atoms with E-state index in [0.29, 0.717) is 19.8 Å². The number of carbonyl (C=O) groups excluding carboxylic acids is 1. The number of benzene rings is 1. The molecule has 1 amide bonds. The second-order valence-corrected chi connectivity index (χ2v) is 9.22. The quantitative estimate of drug-likeness (QED) is 0.798. The summed E-state index contributed by atoms with van der Waals surface area (Å²) in [6.07, 6.45) is 2.23. The van der Waals surface area contributed by atoms with Gasteiger partial charge in [-0.05, 0) is 58.4 Å². The third-order valence-corrected chi connectivity index (χ3v) is 5.32. The van der Waals surface area contributed by atoms with Gasteiger partial charge in [0.1, 0.15) is 16.4 Å². The molecule has 0 saturated carbocycles. The number of hydrogen-bond donors (Lipinski definition) is 1. The normalized spacial score (nSPS) is 19.9. The number of nitrogens with zero attached hydrogens (tertiary/aromatic N) is 1. The third-order valence-electron chi connectivity index (χ3n) is 4.36. The molecule has 1 saturated heterocycles. The number of alkyl carbamates (subject to hydrolysis) is 1. The Morgan fingerprint density at radius 3 is 2.71 bits per heavy atom. The molecule has 2 aromatic rings. The van der Waals surface area contributed by atoms with Crippen molar-refractivity contribution in [1.82, 2.24) is 10.3 Å². The van der Waals surface area contributed by atoms with Crippen LogP contribution in [0.4, 0.5) is 4.79 Å².